The minimum atomic E-state index is -1.94. The van der Waals surface area contributed by atoms with Gasteiger partial charge in [0.25, 0.3) is 0 Å². The summed E-state index contributed by atoms with van der Waals surface area (Å²) in [6, 6.07) is 0. The van der Waals surface area contributed by atoms with Gasteiger partial charge in [-0.1, -0.05) is 15.9 Å². The molecule has 0 amide bonds. The van der Waals surface area contributed by atoms with Gasteiger partial charge in [-0.25, -0.2) is 0 Å². The van der Waals surface area contributed by atoms with Gasteiger partial charge in [-0.05, 0) is 34.8 Å². The van der Waals surface area contributed by atoms with E-state index in [0.717, 1.165) is 0 Å². The Morgan fingerprint density at radius 2 is 2.00 bits per heavy atom. The number of rotatable bonds is 1. The topological polar surface area (TPSA) is 26.3 Å². The maximum absolute atomic E-state index is 10.3. The fourth-order valence-electron chi connectivity index (χ4n) is 0.156. The molecule has 0 saturated carbocycles. The Labute approximate surface area is 75.5 Å². The molecular formula is C3H2BrCl3O2. The van der Waals surface area contributed by atoms with Gasteiger partial charge in [0.05, 0.1) is 0 Å². The number of hydrogen-bond donors (Lipinski definition) is 0. The van der Waals surface area contributed by atoms with E-state index in [-0.39, 0.29) is 5.33 Å². The monoisotopic (exact) mass is 254 g/mol. The van der Waals surface area contributed by atoms with Gasteiger partial charge in [0.1, 0.15) is 5.33 Å². The molecule has 0 aromatic rings. The molecule has 0 aliphatic carbocycles. The van der Waals surface area contributed by atoms with E-state index in [9.17, 15) is 4.79 Å². The van der Waals surface area contributed by atoms with E-state index in [1.807, 2.05) is 0 Å². The molecule has 2 nitrogen and oxygen atoms in total. The lowest BCUT2D eigenvalue weighted by atomic mass is 10.8. The van der Waals surface area contributed by atoms with Crippen LogP contribution < -0.4 is 0 Å². The van der Waals surface area contributed by atoms with Crippen LogP contribution in [0.4, 0.5) is 0 Å². The van der Waals surface area contributed by atoms with Crippen molar-refractivity contribution >= 4 is 56.7 Å². The lowest BCUT2D eigenvalue weighted by molar-refractivity contribution is -0.140. The van der Waals surface area contributed by atoms with E-state index in [0.29, 0.717) is 0 Å². The number of carbonyl (C=O) groups is 1. The highest BCUT2D eigenvalue weighted by Crippen LogP contribution is 2.27. The maximum atomic E-state index is 10.3. The van der Waals surface area contributed by atoms with Crippen LogP contribution in [0.1, 0.15) is 0 Å². The highest BCUT2D eigenvalue weighted by molar-refractivity contribution is 9.09. The van der Waals surface area contributed by atoms with Gasteiger partial charge in [0.15, 0.2) is 0 Å². The number of esters is 1. The molecule has 0 N–H and O–H groups in total. The van der Waals surface area contributed by atoms with Crippen LogP contribution in [0.3, 0.4) is 0 Å². The Hall–Kier alpha value is 0.820. The molecule has 0 radical (unpaired) electrons. The number of carbonyl (C=O) groups excluding carboxylic acids is 1. The van der Waals surface area contributed by atoms with Crippen molar-refractivity contribution in [2.45, 2.75) is 3.98 Å². The summed E-state index contributed by atoms with van der Waals surface area (Å²) in [5.74, 6) is -0.616. The van der Waals surface area contributed by atoms with Crippen molar-refractivity contribution in [3.8, 4) is 0 Å². The number of ether oxygens (including phenoxy) is 1. The predicted octanol–water partition coefficient (Wildman–Crippen LogP) is 2.25. The number of hydrogen-bond acceptors (Lipinski definition) is 2. The van der Waals surface area contributed by atoms with Gasteiger partial charge in [0.2, 0.25) is 0 Å². The average molecular weight is 256 g/mol. The van der Waals surface area contributed by atoms with Crippen LogP contribution in [0, 0.1) is 0 Å². The zero-order valence-corrected chi connectivity index (χ0v) is 7.89. The highest BCUT2D eigenvalue weighted by atomic mass is 79.9. The Morgan fingerprint density at radius 1 is 1.56 bits per heavy atom. The van der Waals surface area contributed by atoms with Crippen LogP contribution in [-0.4, -0.2) is 15.3 Å². The molecule has 0 bridgehead atoms. The molecule has 0 aliphatic rings. The summed E-state index contributed by atoms with van der Waals surface area (Å²) in [4.78, 5) is 10.3. The smallest absolute Gasteiger partial charge is 0.340 e. The SMILES string of the molecule is O=C(CBr)OC(Cl)(Cl)Cl. The molecule has 6 heteroatoms. The molecule has 9 heavy (non-hydrogen) atoms. The third-order valence-corrected chi connectivity index (χ3v) is 1.03. The van der Waals surface area contributed by atoms with E-state index < -0.39 is 9.95 Å². The van der Waals surface area contributed by atoms with Crippen molar-refractivity contribution < 1.29 is 9.53 Å². The van der Waals surface area contributed by atoms with Gasteiger partial charge in [-0.15, -0.1) is 0 Å². The summed E-state index contributed by atoms with van der Waals surface area (Å²) in [6.45, 7) is 0. The van der Waals surface area contributed by atoms with Gasteiger partial charge in [0, 0.05) is 0 Å². The first-order valence-electron chi connectivity index (χ1n) is 1.80. The van der Waals surface area contributed by atoms with Gasteiger partial charge >= 0.3 is 9.95 Å². The molecule has 0 rings (SSSR count). The summed E-state index contributed by atoms with van der Waals surface area (Å²) in [7, 11) is 0. The van der Waals surface area contributed by atoms with Gasteiger partial charge < -0.3 is 4.74 Å². The fourth-order valence-corrected chi connectivity index (χ4v) is 0.529. The third-order valence-electron chi connectivity index (χ3n) is 0.339. The first kappa shape index (κ1) is 9.82. The molecule has 0 heterocycles. The molecule has 0 atom stereocenters. The van der Waals surface area contributed by atoms with Crippen molar-refractivity contribution in [1.29, 1.82) is 0 Å². The zero-order chi connectivity index (χ0) is 7.49. The largest absolute Gasteiger partial charge is 0.414 e. The second-order valence-electron chi connectivity index (χ2n) is 1.05. The Balaban J connectivity index is 3.60. The molecular weight excluding hydrogens is 254 g/mol. The standard InChI is InChI=1S/C3H2BrCl3O2/c4-1-2(8)9-3(5,6)7/h1H2. The summed E-state index contributed by atoms with van der Waals surface area (Å²) in [5.41, 5.74) is 0. The second kappa shape index (κ2) is 3.86. The Kier molecular flexibility index (Phi) is 4.21. The second-order valence-corrected chi connectivity index (χ2v) is 3.79. The third kappa shape index (κ3) is 6.71. The Morgan fingerprint density at radius 3 is 2.11 bits per heavy atom. The molecule has 0 aromatic heterocycles. The Bertz CT molecular complexity index is 110. The number of alkyl halides is 4. The maximum Gasteiger partial charge on any atom is 0.340 e. The zero-order valence-electron chi connectivity index (χ0n) is 4.04. The molecule has 0 fully saturated rings. The average Bonchev–Trinajstić information content (AvgIpc) is 1.62. The van der Waals surface area contributed by atoms with Crippen LogP contribution in [0.25, 0.3) is 0 Å². The summed E-state index contributed by atoms with van der Waals surface area (Å²) in [6.07, 6.45) is 0. The molecule has 0 spiro atoms. The quantitative estimate of drug-likeness (QED) is 0.531. The summed E-state index contributed by atoms with van der Waals surface area (Å²) >= 11 is 18.0. The van der Waals surface area contributed by atoms with Crippen LogP contribution in [-0.2, 0) is 9.53 Å². The van der Waals surface area contributed by atoms with Crippen molar-refractivity contribution in [3.63, 3.8) is 0 Å². The van der Waals surface area contributed by atoms with Gasteiger partial charge in [-0.3, -0.25) is 4.79 Å². The van der Waals surface area contributed by atoms with Crippen LogP contribution in [0.2, 0.25) is 0 Å². The summed E-state index contributed by atoms with van der Waals surface area (Å²) < 4.78 is 2.26. The fraction of sp³-hybridized carbons (Fsp3) is 0.667. The molecule has 0 aromatic carbocycles. The summed E-state index contributed by atoms with van der Waals surface area (Å²) in [5, 5.41) is 0.0148. The van der Waals surface area contributed by atoms with Crippen molar-refractivity contribution in [1.82, 2.24) is 0 Å². The normalized spacial score (nSPS) is 11.1. The molecule has 0 saturated heterocycles. The predicted molar refractivity (Wildman–Crippen MR) is 40.2 cm³/mol. The molecule has 54 valence electrons. The van der Waals surface area contributed by atoms with Crippen LogP contribution >= 0.6 is 50.7 Å². The minimum absolute atomic E-state index is 0.0148. The van der Waals surface area contributed by atoms with Crippen LogP contribution in [0.15, 0.2) is 0 Å². The van der Waals surface area contributed by atoms with Crippen molar-refractivity contribution in [3.05, 3.63) is 0 Å². The highest BCUT2D eigenvalue weighted by Gasteiger charge is 2.24. The minimum Gasteiger partial charge on any atom is -0.414 e. The lowest BCUT2D eigenvalue weighted by Gasteiger charge is -2.09. The molecule has 0 unspecified atom stereocenters. The first-order valence-corrected chi connectivity index (χ1v) is 4.06. The van der Waals surface area contributed by atoms with E-state index in [1.54, 1.807) is 0 Å². The van der Waals surface area contributed by atoms with Crippen molar-refractivity contribution in [2.24, 2.45) is 0 Å². The van der Waals surface area contributed by atoms with Gasteiger partial charge in [-0.2, -0.15) is 0 Å². The van der Waals surface area contributed by atoms with Crippen molar-refractivity contribution in [2.75, 3.05) is 5.33 Å². The number of halogens is 4. The van der Waals surface area contributed by atoms with E-state index in [2.05, 4.69) is 20.7 Å². The molecule has 0 aliphatic heterocycles. The first-order chi connectivity index (χ1) is 3.95. The van der Waals surface area contributed by atoms with E-state index in [1.165, 1.54) is 0 Å². The van der Waals surface area contributed by atoms with Crippen LogP contribution in [0.5, 0.6) is 0 Å². The van der Waals surface area contributed by atoms with E-state index in [4.69, 9.17) is 34.8 Å². The van der Waals surface area contributed by atoms with E-state index >= 15 is 0 Å². The lowest BCUT2D eigenvalue weighted by Crippen LogP contribution is -2.16.